The number of anilines is 1. The van der Waals surface area contributed by atoms with Crippen molar-refractivity contribution in [1.82, 2.24) is 5.32 Å². The molecule has 2 aliphatic rings. The number of Topliss-reactive ketones (excluding diaryl/α,β-unsaturated/α-hetero) is 2. The van der Waals surface area contributed by atoms with Crippen molar-refractivity contribution in [3.8, 4) is 0 Å². The number of nitrogens with one attached hydrogen (secondary N) is 2. The average molecular weight is 832 g/mol. The number of nitrogens with two attached hydrogens (primary N) is 1. The van der Waals surface area contributed by atoms with Gasteiger partial charge in [0.1, 0.15) is 11.6 Å². The molecule has 2 aromatic rings. The van der Waals surface area contributed by atoms with E-state index in [1.165, 1.54) is 18.2 Å². The van der Waals surface area contributed by atoms with Gasteiger partial charge in [-0.25, -0.2) is 9.59 Å². The molecular weight excluding hydrogens is 785 g/mol. The molecule has 4 N–H and O–H groups in total. The van der Waals surface area contributed by atoms with Gasteiger partial charge in [0.15, 0.2) is 4.30 Å². The molecule has 2 saturated carbocycles. The molecular formula is C37H47Cl3F6N4O4. The zero-order chi connectivity index (χ0) is 42.1. The largest absolute Gasteiger partial charge is 0.416 e. The van der Waals surface area contributed by atoms with E-state index in [9.17, 15) is 45.5 Å². The molecule has 0 saturated heterocycles. The van der Waals surface area contributed by atoms with Crippen LogP contribution in [0.4, 0.5) is 42.5 Å². The van der Waals surface area contributed by atoms with E-state index in [0.717, 1.165) is 49.2 Å². The minimum atomic E-state index is -4.41. The van der Waals surface area contributed by atoms with Gasteiger partial charge in [0.25, 0.3) is 0 Å². The predicted octanol–water partition coefficient (Wildman–Crippen LogP) is 11.0. The molecule has 17 heteroatoms. The van der Waals surface area contributed by atoms with E-state index in [1.54, 1.807) is 0 Å². The fraction of sp³-hybridized carbons (Fsp3) is 0.568. The van der Waals surface area contributed by atoms with Crippen LogP contribution >= 0.6 is 34.8 Å². The van der Waals surface area contributed by atoms with E-state index >= 15 is 0 Å². The van der Waals surface area contributed by atoms with Crippen LogP contribution in [0.25, 0.3) is 0 Å². The Morgan fingerprint density at radius 2 is 1.06 bits per heavy atom. The predicted molar refractivity (Wildman–Crippen MR) is 200 cm³/mol. The van der Waals surface area contributed by atoms with Gasteiger partial charge < -0.3 is 16.4 Å². The van der Waals surface area contributed by atoms with E-state index < -0.39 is 44.6 Å². The molecule has 302 valence electrons. The highest BCUT2D eigenvalue weighted by atomic mass is 35.6. The number of carbonyl (C=O) groups is 3. The Morgan fingerprint density at radius 1 is 0.722 bits per heavy atom. The maximum absolute atomic E-state index is 12.5. The van der Waals surface area contributed by atoms with Crippen molar-refractivity contribution < 1.29 is 45.5 Å². The summed E-state index contributed by atoms with van der Waals surface area (Å²) < 4.78 is 72.9. The number of benzene rings is 2. The summed E-state index contributed by atoms with van der Waals surface area (Å²) in [5.74, 6) is 0.526. The van der Waals surface area contributed by atoms with Crippen LogP contribution in [0.5, 0.6) is 0 Å². The van der Waals surface area contributed by atoms with Crippen molar-refractivity contribution >= 4 is 69.9 Å². The first-order chi connectivity index (χ1) is 24.3. The van der Waals surface area contributed by atoms with Crippen molar-refractivity contribution in [1.29, 1.82) is 0 Å². The fourth-order valence-electron chi connectivity index (χ4n) is 6.87. The summed E-state index contributed by atoms with van der Waals surface area (Å²) in [6.07, 6.45) is -4.83. The molecule has 0 radical (unpaired) electrons. The van der Waals surface area contributed by atoms with Gasteiger partial charge in [-0.3, -0.25) is 9.59 Å². The molecule has 54 heavy (non-hydrogen) atoms. The summed E-state index contributed by atoms with van der Waals surface area (Å²) in [6, 6.07) is 7.69. The van der Waals surface area contributed by atoms with Gasteiger partial charge >= 0.3 is 18.4 Å². The highest BCUT2D eigenvalue weighted by molar-refractivity contribution is 6.63. The number of urea groups is 1. The van der Waals surface area contributed by atoms with Gasteiger partial charge in [0, 0.05) is 39.4 Å². The number of aliphatic imine (C=N–C) groups is 1. The Hall–Kier alpha value is -3.16. The summed E-state index contributed by atoms with van der Waals surface area (Å²) in [5, 5.41) is 5.35. The third-order valence-electron chi connectivity index (χ3n) is 8.69. The Labute approximate surface area is 327 Å². The molecule has 0 unspecified atom stereocenters. The molecule has 2 fully saturated rings. The van der Waals surface area contributed by atoms with Crippen LogP contribution in [-0.4, -0.2) is 40.1 Å². The third kappa shape index (κ3) is 15.9. The molecule has 2 amide bonds. The zero-order valence-electron chi connectivity index (χ0n) is 31.2. The number of carbonyl (C=O) groups excluding carboxylic acids is 4. The summed E-state index contributed by atoms with van der Waals surface area (Å²) in [7, 11) is 0. The highest BCUT2D eigenvalue weighted by Gasteiger charge is 2.47. The zero-order valence-corrected chi connectivity index (χ0v) is 33.5. The fourth-order valence-corrected chi connectivity index (χ4v) is 6.87. The highest BCUT2D eigenvalue weighted by Crippen LogP contribution is 2.43. The topological polar surface area (TPSA) is 131 Å². The molecule has 8 nitrogen and oxygen atoms in total. The smallest absolute Gasteiger partial charge is 0.335 e. The second-order valence-electron chi connectivity index (χ2n) is 15.6. The summed E-state index contributed by atoms with van der Waals surface area (Å²) >= 11 is 14.4. The van der Waals surface area contributed by atoms with Crippen molar-refractivity contribution in [2.75, 3.05) is 5.32 Å². The molecule has 4 rings (SSSR count). The van der Waals surface area contributed by atoms with Crippen molar-refractivity contribution in [3.63, 3.8) is 0 Å². The lowest BCUT2D eigenvalue weighted by molar-refractivity contribution is -0.141. The second kappa shape index (κ2) is 19.1. The number of isocyanates is 1. The van der Waals surface area contributed by atoms with E-state index in [0.29, 0.717) is 18.6 Å². The Balaban J connectivity index is 0.000000421. The number of hydrogen-bond acceptors (Lipinski definition) is 6. The first-order valence-corrected chi connectivity index (χ1v) is 17.9. The molecule has 0 spiro atoms. The second-order valence-corrected chi connectivity index (χ2v) is 17.6. The summed E-state index contributed by atoms with van der Waals surface area (Å²) in [6.45, 7) is 15.4. The maximum atomic E-state index is 12.5. The minimum absolute atomic E-state index is 0.156. The third-order valence-corrected chi connectivity index (χ3v) is 8.69. The van der Waals surface area contributed by atoms with Crippen LogP contribution in [0.1, 0.15) is 92.2 Å². The van der Waals surface area contributed by atoms with Crippen molar-refractivity contribution in [2.24, 2.45) is 32.4 Å². The van der Waals surface area contributed by atoms with Gasteiger partial charge in [-0.2, -0.15) is 31.3 Å². The van der Waals surface area contributed by atoms with Crippen LogP contribution in [0.3, 0.4) is 0 Å². The summed E-state index contributed by atoms with van der Waals surface area (Å²) in [4.78, 5) is 49.3. The Morgan fingerprint density at radius 3 is 1.39 bits per heavy atom. The van der Waals surface area contributed by atoms with Crippen molar-refractivity contribution in [2.45, 2.75) is 110 Å². The minimum Gasteiger partial charge on any atom is -0.335 e. The van der Waals surface area contributed by atoms with Crippen LogP contribution in [0.2, 0.25) is 0 Å². The lowest BCUT2D eigenvalue weighted by atomic mass is 9.62. The van der Waals surface area contributed by atoms with Gasteiger partial charge in [-0.1, -0.05) is 90.2 Å². The quantitative estimate of drug-likeness (QED) is 0.123. The van der Waals surface area contributed by atoms with E-state index in [4.69, 9.17) is 40.5 Å². The standard InChI is InChI=1S/C18H23F3N2O2.C10H19NO.C8H4F3NO.CHCl3/c1-16(2)9-13(10-17(3,4)14(16)24)23-15(25)22-12-7-5-11(6-8-12)18(19,20)21;1-9(2)5-7(11)6-10(3,4)8(9)12;9-8(10,11)6-1-3-7(4-2-6)12-5-13;2-1(3)4/h5-8,13H,9-10H2,1-4H3,(H2,22,23,25);7H,5-6,11H2,1-4H3;1-4H;1H. The first-order valence-electron chi connectivity index (χ1n) is 16.6. The molecule has 0 atom stereocenters. The van der Waals surface area contributed by atoms with Crippen LogP contribution < -0.4 is 16.4 Å². The van der Waals surface area contributed by atoms with Gasteiger partial charge in [-0.15, -0.1) is 0 Å². The number of alkyl halides is 9. The Kier molecular flexibility index (Phi) is 17.3. The molecule has 2 aromatic carbocycles. The lowest BCUT2D eigenvalue weighted by Crippen LogP contribution is -2.52. The molecule has 0 heterocycles. The molecule has 0 bridgehead atoms. The van der Waals surface area contributed by atoms with Crippen molar-refractivity contribution in [3.05, 3.63) is 59.7 Å². The number of amides is 2. The monoisotopic (exact) mass is 830 g/mol. The SMILES string of the molecule is CC1(C)CC(N)CC(C)(C)C1=O.CC1(C)CC(NC(=O)Nc2ccc(C(F)(F)F)cc2)CC(C)(C)C1=O.ClC(Cl)Cl.O=C=Nc1ccc(C(F)(F)F)cc1. The lowest BCUT2D eigenvalue weighted by Gasteiger charge is -2.43. The Bertz CT molecular complexity index is 1580. The van der Waals surface area contributed by atoms with E-state index in [-0.39, 0.29) is 40.1 Å². The van der Waals surface area contributed by atoms with Crippen LogP contribution in [0.15, 0.2) is 53.5 Å². The van der Waals surface area contributed by atoms with E-state index in [1.807, 2.05) is 55.4 Å². The normalized spacial score (nSPS) is 19.0. The van der Waals surface area contributed by atoms with Gasteiger partial charge in [0.2, 0.25) is 6.08 Å². The number of ketones is 2. The molecule has 0 aliphatic heterocycles. The van der Waals surface area contributed by atoms with Crippen LogP contribution in [-0.2, 0) is 26.7 Å². The van der Waals surface area contributed by atoms with Crippen LogP contribution in [0, 0.1) is 21.7 Å². The van der Waals surface area contributed by atoms with Gasteiger partial charge in [0.05, 0.1) is 16.8 Å². The van der Waals surface area contributed by atoms with Gasteiger partial charge in [-0.05, 0) is 74.2 Å². The number of hydrogen-bond donors (Lipinski definition) is 3. The average Bonchev–Trinajstić information content (AvgIpc) is 2.98. The van der Waals surface area contributed by atoms with E-state index in [2.05, 4.69) is 15.6 Å². The molecule has 0 aromatic heterocycles. The summed E-state index contributed by atoms with van der Waals surface area (Å²) in [5.41, 5.74) is 3.28. The number of nitrogens with zero attached hydrogens (tertiary/aromatic N) is 1. The number of halogens is 9. The molecule has 2 aliphatic carbocycles. The number of rotatable bonds is 3. The first kappa shape index (κ1) is 48.9. The maximum Gasteiger partial charge on any atom is 0.416 e.